The summed E-state index contributed by atoms with van der Waals surface area (Å²) in [6, 6.07) is 0.865. The highest BCUT2D eigenvalue weighted by atomic mass is 19.4. The molecule has 2 amide bonds. The summed E-state index contributed by atoms with van der Waals surface area (Å²) in [4.78, 5) is 35.4. The van der Waals surface area contributed by atoms with Gasteiger partial charge >= 0.3 is 12.4 Å². The van der Waals surface area contributed by atoms with Crippen molar-refractivity contribution >= 4 is 17.5 Å². The van der Waals surface area contributed by atoms with Gasteiger partial charge in [0, 0.05) is 36.9 Å². The van der Waals surface area contributed by atoms with Crippen molar-refractivity contribution in [2.24, 2.45) is 17.6 Å². The van der Waals surface area contributed by atoms with Gasteiger partial charge in [-0.1, -0.05) is 0 Å². The van der Waals surface area contributed by atoms with Crippen molar-refractivity contribution in [3.05, 3.63) is 53.0 Å². The molecule has 2 saturated carbocycles. The SMILES string of the molecule is NC(=O)c1ncc([C@@H](c2cn3ncc([C@H](NC(=O)CCC(F)(F)F)C4CC4)cc3n2)C2CCC(F)(F)CC2)c(C(F)(F)F)n1. The largest absolute Gasteiger partial charge is 0.433 e. The van der Waals surface area contributed by atoms with Gasteiger partial charge in [-0.3, -0.25) is 9.59 Å². The third kappa shape index (κ3) is 7.23. The Labute approximate surface area is 244 Å². The highest BCUT2D eigenvalue weighted by molar-refractivity contribution is 5.88. The van der Waals surface area contributed by atoms with E-state index in [1.165, 1.54) is 23.0 Å². The van der Waals surface area contributed by atoms with Crippen molar-refractivity contribution in [2.45, 2.75) is 81.6 Å². The topological polar surface area (TPSA) is 128 Å². The minimum atomic E-state index is -5.05. The van der Waals surface area contributed by atoms with E-state index < -0.39 is 90.7 Å². The molecule has 0 spiro atoms. The Hall–Kier alpha value is -3.92. The van der Waals surface area contributed by atoms with E-state index in [-0.39, 0.29) is 30.1 Å². The van der Waals surface area contributed by atoms with Crippen LogP contribution in [0.25, 0.3) is 5.65 Å². The number of rotatable bonds is 9. The number of nitrogens with one attached hydrogen (secondary N) is 1. The second-order valence-electron chi connectivity index (χ2n) is 11.3. The van der Waals surface area contributed by atoms with Crippen LogP contribution in [0.1, 0.15) is 96.5 Å². The van der Waals surface area contributed by atoms with Gasteiger partial charge in [-0.15, -0.1) is 0 Å². The molecule has 5 rings (SSSR count). The van der Waals surface area contributed by atoms with Crippen LogP contribution in [0.3, 0.4) is 0 Å². The van der Waals surface area contributed by atoms with E-state index in [2.05, 4.69) is 25.4 Å². The number of halogens is 8. The summed E-state index contributed by atoms with van der Waals surface area (Å²) in [6.45, 7) is 0. The van der Waals surface area contributed by atoms with Gasteiger partial charge in [0.2, 0.25) is 17.7 Å². The highest BCUT2D eigenvalue weighted by Crippen LogP contribution is 2.47. The van der Waals surface area contributed by atoms with Crippen LogP contribution in [-0.4, -0.2) is 48.5 Å². The Kier molecular flexibility index (Phi) is 8.26. The first-order valence-electron chi connectivity index (χ1n) is 13.8. The van der Waals surface area contributed by atoms with Gasteiger partial charge in [-0.05, 0) is 49.1 Å². The zero-order chi connectivity index (χ0) is 32.0. The molecule has 0 saturated heterocycles. The number of amides is 2. The van der Waals surface area contributed by atoms with Gasteiger partial charge in [-0.25, -0.2) is 28.2 Å². The lowest BCUT2D eigenvalue weighted by atomic mass is 9.74. The van der Waals surface area contributed by atoms with Gasteiger partial charge in [0.25, 0.3) is 5.91 Å². The molecular formula is C27H27F8N7O2. The predicted octanol–water partition coefficient (Wildman–Crippen LogP) is 5.50. The third-order valence-corrected chi connectivity index (χ3v) is 7.96. The average Bonchev–Trinajstić information content (AvgIpc) is 3.69. The van der Waals surface area contributed by atoms with E-state index >= 15 is 0 Å². The predicted molar refractivity (Wildman–Crippen MR) is 136 cm³/mol. The second-order valence-corrected chi connectivity index (χ2v) is 11.3. The van der Waals surface area contributed by atoms with Gasteiger partial charge < -0.3 is 11.1 Å². The molecule has 44 heavy (non-hydrogen) atoms. The van der Waals surface area contributed by atoms with Crippen LogP contribution in [0.15, 0.2) is 24.7 Å². The molecule has 0 aromatic carbocycles. The van der Waals surface area contributed by atoms with E-state index in [0.717, 1.165) is 6.20 Å². The smallest absolute Gasteiger partial charge is 0.363 e. The summed E-state index contributed by atoms with van der Waals surface area (Å²) in [7, 11) is 0. The third-order valence-electron chi connectivity index (χ3n) is 7.96. The lowest BCUT2D eigenvalue weighted by molar-refractivity contribution is -0.144. The lowest BCUT2D eigenvalue weighted by Gasteiger charge is -2.33. The molecule has 2 aliphatic rings. The van der Waals surface area contributed by atoms with E-state index in [1.807, 2.05) is 0 Å². The number of aromatic nitrogens is 5. The van der Waals surface area contributed by atoms with Gasteiger partial charge in [0.15, 0.2) is 11.3 Å². The van der Waals surface area contributed by atoms with Gasteiger partial charge in [-0.2, -0.15) is 31.4 Å². The fourth-order valence-electron chi connectivity index (χ4n) is 5.65. The zero-order valence-corrected chi connectivity index (χ0v) is 22.9. The quantitative estimate of drug-likeness (QED) is 0.300. The van der Waals surface area contributed by atoms with Crippen LogP contribution < -0.4 is 11.1 Å². The van der Waals surface area contributed by atoms with Crippen molar-refractivity contribution < 1.29 is 44.7 Å². The highest BCUT2D eigenvalue weighted by Gasteiger charge is 2.44. The molecule has 3 aromatic rings. The number of fused-ring (bicyclic) bond motifs is 1. The molecule has 3 heterocycles. The van der Waals surface area contributed by atoms with Crippen molar-refractivity contribution in [1.82, 2.24) is 29.9 Å². The Morgan fingerprint density at radius 3 is 2.30 bits per heavy atom. The standard InChI is InChI=1S/C27H27F8N7O2/c28-25(29)6-3-13(4-7-25)20(16-11-37-24(23(36)44)41-22(16)27(33,34)35)17-12-42-18(39-17)9-15(10-38-42)21(14-1-2-14)40-19(43)5-8-26(30,31)32/h9-14,20-21H,1-8H2,(H2,36,44)(H,40,43)/t20-,21+/m0/s1. The number of hydrogen-bond donors (Lipinski definition) is 2. The molecule has 0 radical (unpaired) electrons. The molecule has 2 atom stereocenters. The molecule has 0 bridgehead atoms. The number of primary amides is 1. The van der Waals surface area contributed by atoms with Crippen LogP contribution in [0, 0.1) is 11.8 Å². The number of hydrogen-bond acceptors (Lipinski definition) is 6. The summed E-state index contributed by atoms with van der Waals surface area (Å²) in [5, 5.41) is 6.89. The van der Waals surface area contributed by atoms with E-state index in [4.69, 9.17) is 5.73 Å². The Balaban J connectivity index is 1.52. The van der Waals surface area contributed by atoms with Gasteiger partial charge in [0.1, 0.15) is 0 Å². The lowest BCUT2D eigenvalue weighted by Crippen LogP contribution is -2.30. The van der Waals surface area contributed by atoms with Crippen LogP contribution in [-0.2, 0) is 11.0 Å². The summed E-state index contributed by atoms with van der Waals surface area (Å²) in [5.74, 6) is -7.90. The summed E-state index contributed by atoms with van der Waals surface area (Å²) in [6.07, 6.45) is -7.98. The van der Waals surface area contributed by atoms with Crippen molar-refractivity contribution in [3.8, 4) is 0 Å². The van der Waals surface area contributed by atoms with Crippen LogP contribution >= 0.6 is 0 Å². The maximum atomic E-state index is 14.2. The maximum absolute atomic E-state index is 14.2. The minimum absolute atomic E-state index is 0.0459. The van der Waals surface area contributed by atoms with Gasteiger partial charge in [0.05, 0.1) is 30.6 Å². The second kappa shape index (κ2) is 11.5. The van der Waals surface area contributed by atoms with Crippen LogP contribution in [0.5, 0.6) is 0 Å². The molecule has 0 aliphatic heterocycles. The Bertz CT molecular complexity index is 1540. The zero-order valence-electron chi connectivity index (χ0n) is 22.9. The molecule has 3 N–H and O–H groups in total. The summed E-state index contributed by atoms with van der Waals surface area (Å²) < 4.78 is 110. The first kappa shape index (κ1) is 31.5. The van der Waals surface area contributed by atoms with E-state index in [1.54, 1.807) is 0 Å². The molecule has 238 valence electrons. The Morgan fingerprint density at radius 1 is 1.02 bits per heavy atom. The summed E-state index contributed by atoms with van der Waals surface area (Å²) in [5.41, 5.74) is 3.85. The number of alkyl halides is 8. The molecule has 0 unspecified atom stereocenters. The number of nitrogens with zero attached hydrogens (tertiary/aromatic N) is 5. The number of carbonyl (C=O) groups is 2. The van der Waals surface area contributed by atoms with Crippen LogP contribution in [0.4, 0.5) is 35.1 Å². The van der Waals surface area contributed by atoms with Crippen molar-refractivity contribution in [2.75, 3.05) is 0 Å². The monoisotopic (exact) mass is 633 g/mol. The van der Waals surface area contributed by atoms with Crippen LogP contribution in [0.2, 0.25) is 0 Å². The fraction of sp³-hybridized carbons (Fsp3) is 0.556. The van der Waals surface area contributed by atoms with Crippen molar-refractivity contribution in [1.29, 1.82) is 0 Å². The van der Waals surface area contributed by atoms with Crippen molar-refractivity contribution in [3.63, 3.8) is 0 Å². The first-order chi connectivity index (χ1) is 20.5. The maximum Gasteiger partial charge on any atom is 0.433 e. The molecule has 17 heteroatoms. The molecular weight excluding hydrogens is 606 g/mol. The molecule has 2 aliphatic carbocycles. The normalized spacial score (nSPS) is 19.1. The number of imidazole rings is 1. The molecule has 3 aromatic heterocycles. The van der Waals surface area contributed by atoms with E-state index in [9.17, 15) is 44.7 Å². The number of nitrogens with two attached hydrogens (primary N) is 1. The molecule has 2 fully saturated rings. The number of carbonyl (C=O) groups excluding carboxylic acids is 2. The Morgan fingerprint density at radius 2 is 1.70 bits per heavy atom. The first-order valence-corrected chi connectivity index (χ1v) is 13.8. The molecule has 9 nitrogen and oxygen atoms in total. The minimum Gasteiger partial charge on any atom is -0.363 e. The van der Waals surface area contributed by atoms with E-state index in [0.29, 0.717) is 18.4 Å². The average molecular weight is 634 g/mol. The summed E-state index contributed by atoms with van der Waals surface area (Å²) >= 11 is 0. The fourth-order valence-corrected chi connectivity index (χ4v) is 5.65.